The van der Waals surface area contributed by atoms with Crippen molar-refractivity contribution in [1.82, 2.24) is 10.3 Å². The lowest BCUT2D eigenvalue weighted by molar-refractivity contribution is -0.144. The average molecular weight is 477 g/mol. The minimum atomic E-state index is -1.42. The van der Waals surface area contributed by atoms with Crippen LogP contribution in [0.4, 0.5) is 0 Å². The van der Waals surface area contributed by atoms with Crippen LogP contribution in [-0.4, -0.2) is 52.9 Å². The van der Waals surface area contributed by atoms with Crippen LogP contribution in [0.1, 0.15) is 32.6 Å². The van der Waals surface area contributed by atoms with Crippen LogP contribution >= 0.6 is 0 Å². The van der Waals surface area contributed by atoms with Gasteiger partial charge in [0, 0.05) is 38.1 Å². The molecule has 182 valence electrons. The zero-order valence-electron chi connectivity index (χ0n) is 19.5. The third-order valence-corrected chi connectivity index (χ3v) is 6.18. The maximum absolute atomic E-state index is 13.1. The van der Waals surface area contributed by atoms with Gasteiger partial charge in [0.05, 0.1) is 19.3 Å². The summed E-state index contributed by atoms with van der Waals surface area (Å²) in [5.41, 5.74) is 2.69. The van der Waals surface area contributed by atoms with Crippen LogP contribution in [0.15, 0.2) is 60.8 Å². The fraction of sp³-hybridized carbons (Fsp3) is 0.296. The lowest BCUT2D eigenvalue weighted by atomic mass is 9.95. The Morgan fingerprint density at radius 3 is 2.34 bits per heavy atom. The maximum atomic E-state index is 13.1. The predicted octanol–water partition coefficient (Wildman–Crippen LogP) is 2.60. The number of aliphatic hydroxyl groups is 1. The normalized spacial score (nSPS) is 13.7. The second-order valence-electron chi connectivity index (χ2n) is 8.59. The van der Waals surface area contributed by atoms with Gasteiger partial charge in [0.15, 0.2) is 5.75 Å². The summed E-state index contributed by atoms with van der Waals surface area (Å²) in [6.07, 6.45) is 2.97. The van der Waals surface area contributed by atoms with Gasteiger partial charge in [0.1, 0.15) is 5.54 Å². The minimum Gasteiger partial charge on any atom is -0.488 e. The van der Waals surface area contributed by atoms with Crippen molar-refractivity contribution in [2.45, 2.75) is 31.2 Å². The summed E-state index contributed by atoms with van der Waals surface area (Å²) < 4.78 is 11.2. The Labute approximate surface area is 203 Å². The first-order chi connectivity index (χ1) is 16.9. The van der Waals surface area contributed by atoms with Gasteiger partial charge in [-0.2, -0.15) is 0 Å². The lowest BCUT2D eigenvalue weighted by Crippen LogP contribution is -2.55. The molecule has 0 atom stereocenters. The van der Waals surface area contributed by atoms with Crippen LogP contribution in [0.25, 0.3) is 0 Å². The molecule has 0 unspecified atom stereocenters. The van der Waals surface area contributed by atoms with Gasteiger partial charge in [-0.3, -0.25) is 4.79 Å². The van der Waals surface area contributed by atoms with Gasteiger partial charge in [0.25, 0.3) is 11.8 Å². The van der Waals surface area contributed by atoms with E-state index < -0.39 is 17.4 Å². The number of carboxylic acids is 1. The number of hydrogen-bond donors (Lipinski definition) is 3. The molecular formula is C27H28N2O6. The zero-order valence-corrected chi connectivity index (χ0v) is 19.5. The Balaban J connectivity index is 1.46. The molecule has 1 heterocycles. The van der Waals surface area contributed by atoms with Crippen molar-refractivity contribution in [3.63, 3.8) is 0 Å². The first kappa shape index (κ1) is 24.2. The van der Waals surface area contributed by atoms with Crippen LogP contribution in [0.5, 0.6) is 11.6 Å². The smallest absolute Gasteiger partial charge is 0.330 e. The third kappa shape index (κ3) is 5.44. The van der Waals surface area contributed by atoms with E-state index in [1.54, 1.807) is 0 Å². The first-order valence-corrected chi connectivity index (χ1v) is 11.4. The second kappa shape index (κ2) is 10.6. The van der Waals surface area contributed by atoms with Gasteiger partial charge in [0.2, 0.25) is 0 Å². The highest BCUT2D eigenvalue weighted by Crippen LogP contribution is 2.31. The molecule has 0 fully saturated rings. The number of nitrogens with one attached hydrogen (secondary N) is 1. The molecule has 0 aliphatic heterocycles. The topological polar surface area (TPSA) is 118 Å². The molecule has 1 aliphatic carbocycles. The van der Waals surface area contributed by atoms with Crippen LogP contribution in [0.3, 0.4) is 0 Å². The number of carbonyl (C=O) groups excluding carboxylic acids is 1. The Kier molecular flexibility index (Phi) is 7.31. The summed E-state index contributed by atoms with van der Waals surface area (Å²) in [7, 11) is 1.46. The van der Waals surface area contributed by atoms with E-state index in [2.05, 4.69) is 10.3 Å². The van der Waals surface area contributed by atoms with Crippen LogP contribution in [-0.2, 0) is 30.5 Å². The van der Waals surface area contributed by atoms with Crippen LogP contribution < -0.4 is 14.8 Å². The van der Waals surface area contributed by atoms with Gasteiger partial charge in [-0.25, -0.2) is 9.78 Å². The number of rotatable bonds is 10. The number of nitrogens with zero attached hydrogens (tertiary/aromatic N) is 1. The molecule has 3 aromatic rings. The highest BCUT2D eigenvalue weighted by Gasteiger charge is 2.45. The summed E-state index contributed by atoms with van der Waals surface area (Å²) in [4.78, 5) is 29.4. The largest absolute Gasteiger partial charge is 0.488 e. The zero-order chi connectivity index (χ0) is 24.8. The molecule has 3 N–H and O–H groups in total. The molecule has 8 nitrogen and oxygen atoms in total. The van der Waals surface area contributed by atoms with Gasteiger partial charge < -0.3 is 25.0 Å². The standard InChI is InChI=1S/C27H28N2O6/c1-34-25-23(35-12-10-19-6-4-5-18(13-19)9-11-30)14-22(17-28-25)24(31)29-27(26(32)33)15-20-7-2-3-8-21(20)16-27/h2-8,13-14,17,30H,9-12,15-16H2,1H3,(H,29,31)(H,32,33). The van der Waals surface area contributed by atoms with Crippen molar-refractivity contribution < 1.29 is 29.3 Å². The Morgan fingerprint density at radius 2 is 1.71 bits per heavy atom. The Bertz CT molecular complexity index is 1200. The highest BCUT2D eigenvalue weighted by atomic mass is 16.5. The van der Waals surface area contributed by atoms with Crippen molar-refractivity contribution in [2.24, 2.45) is 0 Å². The summed E-state index contributed by atoms with van der Waals surface area (Å²) >= 11 is 0. The van der Waals surface area contributed by atoms with E-state index in [0.29, 0.717) is 25.2 Å². The molecule has 1 aromatic heterocycles. The van der Waals surface area contributed by atoms with E-state index in [0.717, 1.165) is 22.3 Å². The van der Waals surface area contributed by atoms with Crippen molar-refractivity contribution in [3.8, 4) is 11.6 Å². The van der Waals surface area contributed by atoms with Crippen molar-refractivity contribution in [1.29, 1.82) is 0 Å². The number of aromatic nitrogens is 1. The fourth-order valence-electron chi connectivity index (χ4n) is 4.36. The molecule has 0 spiro atoms. The van der Waals surface area contributed by atoms with Crippen LogP contribution in [0.2, 0.25) is 0 Å². The highest BCUT2D eigenvalue weighted by molar-refractivity contribution is 5.98. The quantitative estimate of drug-likeness (QED) is 0.412. The number of aliphatic carboxylic acids is 1. The van der Waals surface area contributed by atoms with E-state index in [9.17, 15) is 14.7 Å². The molecule has 1 aliphatic rings. The summed E-state index contributed by atoms with van der Waals surface area (Å²) in [5.74, 6) is -1.09. The molecular weight excluding hydrogens is 448 g/mol. The molecule has 0 bridgehead atoms. The summed E-state index contributed by atoms with van der Waals surface area (Å²) in [5, 5.41) is 21.8. The van der Waals surface area contributed by atoms with E-state index in [4.69, 9.17) is 14.6 Å². The molecule has 4 rings (SSSR count). The molecule has 8 heteroatoms. The third-order valence-electron chi connectivity index (χ3n) is 6.18. The maximum Gasteiger partial charge on any atom is 0.330 e. The molecule has 0 saturated heterocycles. The average Bonchev–Trinajstić information content (AvgIpc) is 3.24. The predicted molar refractivity (Wildman–Crippen MR) is 129 cm³/mol. The van der Waals surface area contributed by atoms with Gasteiger partial charge in [-0.15, -0.1) is 0 Å². The number of fused-ring (bicyclic) bond motifs is 1. The minimum absolute atomic E-state index is 0.0902. The molecule has 35 heavy (non-hydrogen) atoms. The number of pyridine rings is 1. The SMILES string of the molecule is COc1ncc(C(=O)NC2(C(=O)O)Cc3ccccc3C2)cc1OCCc1cccc(CCO)c1. The Morgan fingerprint density at radius 1 is 1.03 bits per heavy atom. The fourth-order valence-corrected chi connectivity index (χ4v) is 4.36. The van der Waals surface area contributed by atoms with E-state index in [1.807, 2.05) is 48.5 Å². The first-order valence-electron chi connectivity index (χ1n) is 11.4. The Hall–Kier alpha value is -3.91. The number of ether oxygens (including phenoxy) is 2. The molecule has 1 amide bonds. The number of benzene rings is 2. The van der Waals surface area contributed by atoms with Crippen molar-refractivity contribution in [3.05, 3.63) is 88.6 Å². The summed E-state index contributed by atoms with van der Waals surface area (Å²) in [6.45, 7) is 0.410. The number of hydrogen-bond acceptors (Lipinski definition) is 6. The second-order valence-corrected chi connectivity index (χ2v) is 8.59. The molecule has 2 aromatic carbocycles. The lowest BCUT2D eigenvalue weighted by Gasteiger charge is -2.25. The number of aliphatic hydroxyl groups excluding tert-OH is 1. The monoisotopic (exact) mass is 476 g/mol. The van der Waals surface area contributed by atoms with Gasteiger partial charge in [-0.05, 0) is 28.7 Å². The number of amides is 1. The van der Waals surface area contributed by atoms with Crippen LogP contribution in [0, 0.1) is 0 Å². The van der Waals surface area contributed by atoms with E-state index >= 15 is 0 Å². The molecule has 0 saturated carbocycles. The number of methoxy groups -OCH3 is 1. The molecule has 0 radical (unpaired) electrons. The number of carbonyl (C=O) groups is 2. The summed E-state index contributed by atoms with van der Waals surface area (Å²) in [6, 6.07) is 16.9. The van der Waals surface area contributed by atoms with E-state index in [1.165, 1.54) is 19.4 Å². The van der Waals surface area contributed by atoms with Crippen molar-refractivity contribution in [2.75, 3.05) is 20.3 Å². The van der Waals surface area contributed by atoms with Gasteiger partial charge >= 0.3 is 5.97 Å². The van der Waals surface area contributed by atoms with E-state index in [-0.39, 0.29) is 30.9 Å². The number of carboxylic acid groups (broad SMARTS) is 1. The van der Waals surface area contributed by atoms with Crippen molar-refractivity contribution >= 4 is 11.9 Å². The van der Waals surface area contributed by atoms with Gasteiger partial charge in [-0.1, -0.05) is 48.5 Å².